The second-order valence-electron chi connectivity index (χ2n) is 5.42. The average Bonchev–Trinajstić information content (AvgIpc) is 2.50. The van der Waals surface area contributed by atoms with Crippen molar-refractivity contribution in [2.75, 3.05) is 33.0 Å². The second-order valence-corrected chi connectivity index (χ2v) is 7.25. The predicted molar refractivity (Wildman–Crippen MR) is 98.0 cm³/mol. The maximum atomic E-state index is 11.0. The lowest BCUT2D eigenvalue weighted by molar-refractivity contribution is 0.336. The maximum Gasteiger partial charge on any atom is 0.208 e. The Bertz CT molecular complexity index is 645. The van der Waals surface area contributed by atoms with Crippen LogP contribution >= 0.6 is 0 Å². The van der Waals surface area contributed by atoms with Crippen LogP contribution < -0.4 is 20.1 Å². The molecule has 8 heteroatoms. The van der Waals surface area contributed by atoms with E-state index in [-0.39, 0.29) is 0 Å². The number of benzene rings is 1. The molecular formula is C16H28N4O3S. The van der Waals surface area contributed by atoms with Crippen molar-refractivity contribution in [3.05, 3.63) is 29.3 Å². The lowest BCUT2D eigenvalue weighted by Gasteiger charge is -2.15. The zero-order valence-corrected chi connectivity index (χ0v) is 15.7. The first kappa shape index (κ1) is 20.2. The lowest BCUT2D eigenvalue weighted by atomic mass is 10.1. The number of nitrogens with zero attached hydrogens (tertiary/aromatic N) is 1. The van der Waals surface area contributed by atoms with Crippen LogP contribution in [0.15, 0.2) is 23.2 Å². The standard InChI is InChI=1S/C16H28N4O3S/c1-5-23-15-11-13(2)7-8-14(15)12-19-16(17-3)18-9-6-10-20-24(4,21)22/h7-8,11,20H,5-6,9-10,12H2,1-4H3,(H2,17,18,19). The van der Waals surface area contributed by atoms with E-state index in [9.17, 15) is 8.42 Å². The Morgan fingerprint density at radius 1 is 1.25 bits per heavy atom. The molecule has 0 fully saturated rings. The molecular weight excluding hydrogens is 328 g/mol. The first-order valence-corrected chi connectivity index (χ1v) is 9.86. The molecule has 0 aliphatic rings. The highest BCUT2D eigenvalue weighted by molar-refractivity contribution is 7.88. The van der Waals surface area contributed by atoms with Crippen LogP contribution in [0.1, 0.15) is 24.5 Å². The second kappa shape index (κ2) is 10.1. The van der Waals surface area contributed by atoms with E-state index in [4.69, 9.17) is 4.74 Å². The van der Waals surface area contributed by atoms with Crippen LogP contribution in [0.2, 0.25) is 0 Å². The van der Waals surface area contributed by atoms with E-state index in [1.54, 1.807) is 7.05 Å². The molecule has 0 aliphatic heterocycles. The van der Waals surface area contributed by atoms with Crippen molar-refractivity contribution in [1.82, 2.24) is 15.4 Å². The number of hydrogen-bond acceptors (Lipinski definition) is 4. The summed E-state index contributed by atoms with van der Waals surface area (Å²) in [6.07, 6.45) is 1.82. The van der Waals surface area contributed by atoms with Gasteiger partial charge in [-0.05, 0) is 31.9 Å². The van der Waals surface area contributed by atoms with Crippen molar-refractivity contribution in [3.63, 3.8) is 0 Å². The molecule has 136 valence electrons. The first-order valence-electron chi connectivity index (χ1n) is 7.97. The quantitative estimate of drug-likeness (QED) is 0.349. The zero-order valence-electron chi connectivity index (χ0n) is 14.8. The van der Waals surface area contributed by atoms with Gasteiger partial charge in [-0.1, -0.05) is 12.1 Å². The predicted octanol–water partition coefficient (Wildman–Crippen LogP) is 0.998. The zero-order chi connectivity index (χ0) is 18.0. The highest BCUT2D eigenvalue weighted by Crippen LogP contribution is 2.20. The summed E-state index contributed by atoms with van der Waals surface area (Å²) in [6.45, 7) is 6.23. The van der Waals surface area contributed by atoms with Gasteiger partial charge in [0.2, 0.25) is 10.0 Å². The number of hydrogen-bond donors (Lipinski definition) is 3. The molecule has 1 rings (SSSR count). The smallest absolute Gasteiger partial charge is 0.208 e. The third-order valence-electron chi connectivity index (χ3n) is 3.20. The number of nitrogens with one attached hydrogen (secondary N) is 3. The Kier molecular flexibility index (Phi) is 8.56. The Morgan fingerprint density at radius 2 is 2.00 bits per heavy atom. The van der Waals surface area contributed by atoms with Gasteiger partial charge in [0.25, 0.3) is 0 Å². The summed E-state index contributed by atoms with van der Waals surface area (Å²) in [5.41, 5.74) is 2.22. The summed E-state index contributed by atoms with van der Waals surface area (Å²) >= 11 is 0. The van der Waals surface area contributed by atoms with Gasteiger partial charge in [0, 0.05) is 32.2 Å². The third-order valence-corrected chi connectivity index (χ3v) is 3.93. The van der Waals surface area contributed by atoms with Gasteiger partial charge < -0.3 is 15.4 Å². The molecule has 0 bridgehead atoms. The molecule has 0 saturated carbocycles. The summed E-state index contributed by atoms with van der Waals surface area (Å²) in [5, 5.41) is 6.38. The largest absolute Gasteiger partial charge is 0.494 e. The first-order chi connectivity index (χ1) is 11.4. The van der Waals surface area contributed by atoms with Crippen LogP contribution in [0, 0.1) is 6.92 Å². The fraction of sp³-hybridized carbons (Fsp3) is 0.562. The Hall–Kier alpha value is -1.80. The third kappa shape index (κ3) is 8.16. The highest BCUT2D eigenvalue weighted by atomic mass is 32.2. The van der Waals surface area contributed by atoms with Crippen molar-refractivity contribution in [1.29, 1.82) is 0 Å². The number of aryl methyl sites for hydroxylation is 1. The van der Waals surface area contributed by atoms with Gasteiger partial charge in [0.1, 0.15) is 5.75 Å². The summed E-state index contributed by atoms with van der Waals surface area (Å²) in [4.78, 5) is 4.16. The van der Waals surface area contributed by atoms with Crippen LogP contribution in [-0.2, 0) is 16.6 Å². The highest BCUT2D eigenvalue weighted by Gasteiger charge is 2.05. The minimum Gasteiger partial charge on any atom is -0.494 e. The van der Waals surface area contributed by atoms with Crippen molar-refractivity contribution < 1.29 is 13.2 Å². The monoisotopic (exact) mass is 356 g/mol. The number of sulfonamides is 1. The van der Waals surface area contributed by atoms with Gasteiger partial charge in [0.05, 0.1) is 12.9 Å². The Morgan fingerprint density at radius 3 is 2.62 bits per heavy atom. The van der Waals surface area contributed by atoms with Gasteiger partial charge >= 0.3 is 0 Å². The van der Waals surface area contributed by atoms with Crippen LogP contribution in [0.3, 0.4) is 0 Å². The normalized spacial score (nSPS) is 12.1. The number of aliphatic imine (C=N–C) groups is 1. The van der Waals surface area contributed by atoms with E-state index in [2.05, 4.69) is 20.3 Å². The molecule has 0 atom stereocenters. The van der Waals surface area contributed by atoms with Crippen molar-refractivity contribution >= 4 is 16.0 Å². The molecule has 0 spiro atoms. The Labute approximate surface area is 145 Å². The molecule has 0 radical (unpaired) electrons. The van der Waals surface area contributed by atoms with Crippen molar-refractivity contribution in [2.24, 2.45) is 4.99 Å². The molecule has 0 unspecified atom stereocenters. The molecule has 7 nitrogen and oxygen atoms in total. The topological polar surface area (TPSA) is 91.8 Å². The van der Waals surface area contributed by atoms with Crippen LogP contribution in [-0.4, -0.2) is 47.4 Å². The SMILES string of the molecule is CCOc1cc(C)ccc1CNC(=NC)NCCCNS(C)(=O)=O. The fourth-order valence-corrected chi connectivity index (χ4v) is 2.57. The number of ether oxygens (including phenoxy) is 1. The van der Waals surface area contributed by atoms with Gasteiger partial charge in [0.15, 0.2) is 5.96 Å². The maximum absolute atomic E-state index is 11.0. The van der Waals surface area contributed by atoms with E-state index in [0.29, 0.717) is 38.6 Å². The molecule has 0 heterocycles. The van der Waals surface area contributed by atoms with E-state index < -0.39 is 10.0 Å². The van der Waals surface area contributed by atoms with Gasteiger partial charge in [-0.15, -0.1) is 0 Å². The minimum absolute atomic E-state index is 0.398. The van der Waals surface area contributed by atoms with Crippen LogP contribution in [0.25, 0.3) is 0 Å². The van der Waals surface area contributed by atoms with E-state index in [0.717, 1.165) is 23.1 Å². The van der Waals surface area contributed by atoms with E-state index in [1.165, 1.54) is 0 Å². The molecule has 0 aromatic heterocycles. The molecule has 0 aliphatic carbocycles. The molecule has 0 saturated heterocycles. The fourth-order valence-electron chi connectivity index (χ4n) is 2.05. The van der Waals surface area contributed by atoms with Crippen LogP contribution in [0.5, 0.6) is 5.75 Å². The van der Waals surface area contributed by atoms with Crippen molar-refractivity contribution in [3.8, 4) is 5.75 Å². The number of rotatable bonds is 9. The summed E-state index contributed by atoms with van der Waals surface area (Å²) in [7, 11) is -1.43. The van der Waals surface area contributed by atoms with Gasteiger partial charge in [-0.3, -0.25) is 4.99 Å². The number of guanidine groups is 1. The van der Waals surface area contributed by atoms with Gasteiger partial charge in [-0.2, -0.15) is 0 Å². The Balaban J connectivity index is 2.44. The molecule has 0 amide bonds. The van der Waals surface area contributed by atoms with Crippen molar-refractivity contribution in [2.45, 2.75) is 26.8 Å². The molecule has 1 aromatic carbocycles. The summed E-state index contributed by atoms with van der Waals surface area (Å²) < 4.78 is 30.1. The molecule has 3 N–H and O–H groups in total. The average molecular weight is 356 g/mol. The minimum atomic E-state index is -3.13. The molecule has 24 heavy (non-hydrogen) atoms. The van der Waals surface area contributed by atoms with E-state index in [1.807, 2.05) is 32.0 Å². The summed E-state index contributed by atoms with van der Waals surface area (Å²) in [5.74, 6) is 1.54. The summed E-state index contributed by atoms with van der Waals surface area (Å²) in [6, 6.07) is 6.11. The lowest BCUT2D eigenvalue weighted by Crippen LogP contribution is -2.38. The van der Waals surface area contributed by atoms with Crippen LogP contribution in [0.4, 0.5) is 0 Å². The molecule has 1 aromatic rings. The van der Waals surface area contributed by atoms with E-state index >= 15 is 0 Å². The van der Waals surface area contributed by atoms with Gasteiger partial charge in [-0.25, -0.2) is 13.1 Å².